The van der Waals surface area contributed by atoms with Crippen molar-refractivity contribution < 1.29 is 19.4 Å². The van der Waals surface area contributed by atoms with E-state index in [1.807, 2.05) is 54.6 Å². The predicted octanol–water partition coefficient (Wildman–Crippen LogP) is 2.89. The van der Waals surface area contributed by atoms with E-state index in [1.54, 1.807) is 0 Å². The fraction of sp³-hybridized carbons (Fsp3) is 0.391. The molecule has 2 unspecified atom stereocenters. The molecule has 29 heavy (non-hydrogen) atoms. The quantitative estimate of drug-likeness (QED) is 0.706. The minimum atomic E-state index is -0.979. The molecule has 0 aliphatic carbocycles. The van der Waals surface area contributed by atoms with Crippen LogP contribution in [0, 0.1) is 0 Å². The second-order valence-corrected chi connectivity index (χ2v) is 8.35. The highest BCUT2D eigenvalue weighted by atomic mass is 16.5. The van der Waals surface area contributed by atoms with E-state index in [0.717, 1.165) is 16.0 Å². The molecule has 154 valence electrons. The Hall–Kier alpha value is -2.86. The average molecular weight is 396 g/mol. The molecule has 0 radical (unpaired) electrons. The Morgan fingerprint density at radius 1 is 1.07 bits per heavy atom. The van der Waals surface area contributed by atoms with Crippen LogP contribution in [0.1, 0.15) is 31.9 Å². The molecule has 6 heteroatoms. The molecular formula is C23H28N2O4. The minimum Gasteiger partial charge on any atom is -0.491 e. The molecule has 2 aromatic carbocycles. The number of urea groups is 1. The Balaban J connectivity index is 1.58. The van der Waals surface area contributed by atoms with Crippen LogP contribution in [0.2, 0.25) is 0 Å². The molecule has 0 spiro atoms. The molecular weight excluding hydrogens is 368 g/mol. The number of rotatable bonds is 7. The lowest BCUT2D eigenvalue weighted by Crippen LogP contribution is -2.40. The van der Waals surface area contributed by atoms with Crippen LogP contribution in [0.4, 0.5) is 4.79 Å². The highest BCUT2D eigenvalue weighted by molar-refractivity contribution is 6.04. The van der Waals surface area contributed by atoms with Crippen molar-refractivity contribution in [2.45, 2.75) is 44.8 Å². The second kappa shape index (κ2) is 8.66. The van der Waals surface area contributed by atoms with Crippen LogP contribution in [-0.4, -0.2) is 47.2 Å². The van der Waals surface area contributed by atoms with Gasteiger partial charge < -0.3 is 15.2 Å². The van der Waals surface area contributed by atoms with Crippen LogP contribution < -0.4 is 10.1 Å². The summed E-state index contributed by atoms with van der Waals surface area (Å²) in [6.07, 6.45) is -0.554. The maximum absolute atomic E-state index is 12.6. The zero-order valence-electron chi connectivity index (χ0n) is 17.1. The van der Waals surface area contributed by atoms with Crippen LogP contribution in [0.15, 0.2) is 54.6 Å². The molecule has 2 atom stereocenters. The van der Waals surface area contributed by atoms with Crippen molar-refractivity contribution in [2.24, 2.45) is 0 Å². The number of nitrogens with one attached hydrogen (secondary N) is 1. The third kappa shape index (κ3) is 5.15. The van der Waals surface area contributed by atoms with Gasteiger partial charge in [-0.3, -0.25) is 9.69 Å². The monoisotopic (exact) mass is 396 g/mol. The summed E-state index contributed by atoms with van der Waals surface area (Å²) in [7, 11) is 0. The number of nitrogens with zero attached hydrogens (tertiary/aromatic N) is 1. The zero-order valence-corrected chi connectivity index (χ0v) is 17.1. The van der Waals surface area contributed by atoms with Crippen LogP contribution in [0.25, 0.3) is 0 Å². The molecule has 2 aromatic rings. The fourth-order valence-electron chi connectivity index (χ4n) is 3.40. The zero-order chi connectivity index (χ0) is 21.0. The van der Waals surface area contributed by atoms with Crippen molar-refractivity contribution in [3.05, 3.63) is 65.7 Å². The molecule has 1 aliphatic rings. The van der Waals surface area contributed by atoms with Crippen molar-refractivity contribution >= 4 is 11.9 Å². The van der Waals surface area contributed by atoms with E-state index in [-0.39, 0.29) is 24.5 Å². The summed E-state index contributed by atoms with van der Waals surface area (Å²) < 4.78 is 5.81. The van der Waals surface area contributed by atoms with Gasteiger partial charge in [-0.05, 0) is 22.6 Å². The van der Waals surface area contributed by atoms with Gasteiger partial charge in [0.1, 0.15) is 24.5 Å². The maximum atomic E-state index is 12.6. The molecule has 1 heterocycles. The first-order valence-electron chi connectivity index (χ1n) is 9.82. The van der Waals surface area contributed by atoms with Gasteiger partial charge in [0.15, 0.2) is 0 Å². The third-order valence-electron chi connectivity index (χ3n) is 4.91. The lowest BCUT2D eigenvalue weighted by atomic mass is 9.86. The van der Waals surface area contributed by atoms with Gasteiger partial charge in [0.25, 0.3) is 5.91 Å². The number of para-hydroxylation sites is 1. The number of hydrogen-bond donors (Lipinski definition) is 2. The highest BCUT2D eigenvalue weighted by Crippen LogP contribution is 2.31. The summed E-state index contributed by atoms with van der Waals surface area (Å²) in [5, 5.41) is 13.1. The number of β-amino-alcohol motifs (C(OH)–C–C–N with tert-alkyl or cyclic N) is 1. The normalized spacial score (nSPS) is 17.9. The molecule has 0 aromatic heterocycles. The topological polar surface area (TPSA) is 78.9 Å². The number of aliphatic hydroxyl groups excluding tert-OH is 1. The van der Waals surface area contributed by atoms with E-state index in [4.69, 9.17) is 4.74 Å². The molecule has 3 amide bonds. The van der Waals surface area contributed by atoms with E-state index < -0.39 is 18.2 Å². The van der Waals surface area contributed by atoms with Crippen molar-refractivity contribution in [1.29, 1.82) is 0 Å². The first-order valence-corrected chi connectivity index (χ1v) is 9.82. The number of hydrogen-bond acceptors (Lipinski definition) is 4. The average Bonchev–Trinajstić information content (AvgIpc) is 2.94. The Bertz CT molecular complexity index is 861. The Morgan fingerprint density at radius 3 is 2.41 bits per heavy atom. The number of carbonyl (C=O) groups excluding carboxylic acids is 2. The van der Waals surface area contributed by atoms with Crippen LogP contribution in [0.5, 0.6) is 5.75 Å². The van der Waals surface area contributed by atoms with E-state index in [9.17, 15) is 14.7 Å². The van der Waals surface area contributed by atoms with E-state index in [0.29, 0.717) is 12.2 Å². The van der Waals surface area contributed by atoms with Crippen molar-refractivity contribution in [3.63, 3.8) is 0 Å². The summed E-state index contributed by atoms with van der Waals surface area (Å²) in [4.78, 5) is 25.9. The lowest BCUT2D eigenvalue weighted by molar-refractivity contribution is -0.128. The Kier molecular flexibility index (Phi) is 6.23. The molecule has 1 aliphatic heterocycles. The van der Waals surface area contributed by atoms with Gasteiger partial charge in [0.2, 0.25) is 0 Å². The van der Waals surface area contributed by atoms with Crippen molar-refractivity contribution in [3.8, 4) is 5.75 Å². The third-order valence-corrected chi connectivity index (χ3v) is 4.91. The maximum Gasteiger partial charge on any atom is 0.324 e. The Labute approximate surface area is 171 Å². The molecule has 1 saturated heterocycles. The number of benzene rings is 2. The first-order chi connectivity index (χ1) is 13.8. The van der Waals surface area contributed by atoms with Gasteiger partial charge in [-0.15, -0.1) is 0 Å². The van der Waals surface area contributed by atoms with Crippen LogP contribution in [0.3, 0.4) is 0 Å². The van der Waals surface area contributed by atoms with E-state index in [1.165, 1.54) is 0 Å². The van der Waals surface area contributed by atoms with Crippen LogP contribution >= 0.6 is 0 Å². The van der Waals surface area contributed by atoms with Gasteiger partial charge in [-0.2, -0.15) is 0 Å². The van der Waals surface area contributed by atoms with Crippen LogP contribution in [-0.2, 0) is 16.6 Å². The van der Waals surface area contributed by atoms with Crippen molar-refractivity contribution in [2.75, 3.05) is 13.2 Å². The van der Waals surface area contributed by atoms with Gasteiger partial charge in [0, 0.05) is 6.42 Å². The molecule has 3 rings (SSSR count). The standard InChI is InChI=1S/C23H28N2O4/c1-23(2,3)18-11-7-8-12-20(18)29-15-17(26)14-25-21(27)19(24-22(25)28)13-16-9-5-4-6-10-16/h4-12,17,19,26H,13-15H2,1-3H3,(H,24,28). The summed E-state index contributed by atoms with van der Waals surface area (Å²) in [5.74, 6) is 0.367. The minimum absolute atomic E-state index is 0.00644. The molecule has 2 N–H and O–H groups in total. The summed E-state index contributed by atoms with van der Waals surface area (Å²) in [5.41, 5.74) is 1.90. The first kappa shape index (κ1) is 20.9. The molecule has 0 saturated carbocycles. The van der Waals surface area contributed by atoms with Crippen molar-refractivity contribution in [1.82, 2.24) is 10.2 Å². The summed E-state index contributed by atoms with van der Waals surface area (Å²) >= 11 is 0. The molecule has 1 fully saturated rings. The summed E-state index contributed by atoms with van der Waals surface area (Å²) in [6.45, 7) is 6.16. The van der Waals surface area contributed by atoms with Gasteiger partial charge in [-0.25, -0.2) is 4.79 Å². The predicted molar refractivity (Wildman–Crippen MR) is 111 cm³/mol. The van der Waals surface area contributed by atoms with Gasteiger partial charge in [0.05, 0.1) is 6.54 Å². The SMILES string of the molecule is CC(C)(C)c1ccccc1OCC(O)CN1C(=O)NC(Cc2ccccc2)C1=O. The number of aliphatic hydroxyl groups is 1. The van der Waals surface area contributed by atoms with Gasteiger partial charge in [-0.1, -0.05) is 69.3 Å². The van der Waals surface area contributed by atoms with Gasteiger partial charge >= 0.3 is 6.03 Å². The lowest BCUT2D eigenvalue weighted by Gasteiger charge is -2.24. The highest BCUT2D eigenvalue weighted by Gasteiger charge is 2.38. The summed E-state index contributed by atoms with van der Waals surface area (Å²) in [6, 6.07) is 16.1. The van der Waals surface area contributed by atoms with E-state index in [2.05, 4.69) is 26.1 Å². The number of imide groups is 1. The fourth-order valence-corrected chi connectivity index (χ4v) is 3.40. The Morgan fingerprint density at radius 2 is 1.72 bits per heavy atom. The number of amides is 3. The van der Waals surface area contributed by atoms with E-state index >= 15 is 0 Å². The number of ether oxygens (including phenoxy) is 1. The second-order valence-electron chi connectivity index (χ2n) is 8.35. The number of carbonyl (C=O) groups is 2. The largest absolute Gasteiger partial charge is 0.491 e. The molecule has 0 bridgehead atoms. The smallest absolute Gasteiger partial charge is 0.324 e. The molecule has 6 nitrogen and oxygen atoms in total.